The molecule has 26 heavy (non-hydrogen) atoms. The fourth-order valence-corrected chi connectivity index (χ4v) is 5.45. The van der Waals surface area contributed by atoms with Gasteiger partial charge in [-0.15, -0.1) is 11.3 Å². The van der Waals surface area contributed by atoms with Crippen LogP contribution in [0, 0.1) is 18.3 Å². The Hall–Kier alpha value is -2.01. The summed E-state index contributed by atoms with van der Waals surface area (Å²) in [5, 5.41) is 17.6. The number of phenols is 1. The molecule has 0 fully saturated rings. The van der Waals surface area contributed by atoms with Gasteiger partial charge in [-0.25, -0.2) is 0 Å². The third-order valence-electron chi connectivity index (χ3n) is 5.76. The lowest BCUT2D eigenvalue weighted by molar-refractivity contribution is 0.0934. The van der Waals surface area contributed by atoms with Gasteiger partial charge < -0.3 is 15.7 Å². The van der Waals surface area contributed by atoms with Crippen molar-refractivity contribution < 1.29 is 9.90 Å². The fourth-order valence-electron chi connectivity index (χ4n) is 4.10. The van der Waals surface area contributed by atoms with Gasteiger partial charge in [-0.1, -0.05) is 32.4 Å². The molecule has 4 rings (SSSR count). The van der Waals surface area contributed by atoms with Gasteiger partial charge in [0.2, 0.25) is 0 Å². The highest BCUT2D eigenvalue weighted by Crippen LogP contribution is 2.46. The van der Waals surface area contributed by atoms with Crippen LogP contribution in [-0.2, 0) is 12.8 Å². The van der Waals surface area contributed by atoms with E-state index in [0.29, 0.717) is 11.5 Å². The predicted octanol–water partition coefficient (Wildman–Crippen LogP) is 4.77. The second-order valence-electron chi connectivity index (χ2n) is 8.63. The Morgan fingerprint density at radius 2 is 2.00 bits per heavy atom. The number of carbonyl (C=O) groups is 1. The Morgan fingerprint density at radius 1 is 1.23 bits per heavy atom. The first kappa shape index (κ1) is 17.4. The number of anilines is 1. The van der Waals surface area contributed by atoms with Crippen LogP contribution in [-0.4, -0.2) is 11.0 Å². The third-order valence-corrected chi connectivity index (χ3v) is 6.95. The van der Waals surface area contributed by atoms with Crippen LogP contribution in [0.15, 0.2) is 18.2 Å². The van der Waals surface area contributed by atoms with Crippen LogP contribution in [0.1, 0.15) is 65.3 Å². The van der Waals surface area contributed by atoms with Gasteiger partial charge in [0.05, 0.1) is 5.56 Å². The van der Waals surface area contributed by atoms with E-state index in [2.05, 4.69) is 31.4 Å². The number of benzene rings is 1. The maximum atomic E-state index is 12.9. The average Bonchev–Trinajstić information content (AvgIpc) is 2.94. The topological polar surface area (TPSA) is 61.4 Å². The number of nitrogens with one attached hydrogen (secondary N) is 2. The number of rotatable bonds is 1. The summed E-state index contributed by atoms with van der Waals surface area (Å²) in [6, 6.07) is 5.47. The Bertz CT molecular complexity index is 879. The van der Waals surface area contributed by atoms with Crippen molar-refractivity contribution in [1.82, 2.24) is 5.32 Å². The lowest BCUT2D eigenvalue weighted by Gasteiger charge is -2.34. The summed E-state index contributed by atoms with van der Waals surface area (Å²) < 4.78 is 0. The summed E-state index contributed by atoms with van der Waals surface area (Å²) >= 11 is 1.72. The molecule has 2 aliphatic rings. The zero-order valence-electron chi connectivity index (χ0n) is 15.8. The number of amides is 1. The van der Waals surface area contributed by atoms with E-state index >= 15 is 0 Å². The minimum Gasteiger partial charge on any atom is -0.508 e. The summed E-state index contributed by atoms with van der Waals surface area (Å²) in [5.41, 5.74) is 4.09. The van der Waals surface area contributed by atoms with Crippen molar-refractivity contribution in [3.63, 3.8) is 0 Å². The van der Waals surface area contributed by atoms with Crippen molar-refractivity contribution in [1.29, 1.82) is 0 Å². The lowest BCUT2D eigenvalue weighted by Crippen LogP contribution is -2.38. The molecule has 1 amide bonds. The minimum atomic E-state index is -0.395. The van der Waals surface area contributed by atoms with Crippen molar-refractivity contribution in [2.24, 2.45) is 11.3 Å². The van der Waals surface area contributed by atoms with E-state index < -0.39 is 6.17 Å². The fraction of sp³-hybridized carbons (Fsp3) is 0.476. The van der Waals surface area contributed by atoms with Gasteiger partial charge in [0, 0.05) is 10.4 Å². The maximum Gasteiger partial charge on any atom is 0.256 e. The van der Waals surface area contributed by atoms with Gasteiger partial charge in [-0.05, 0) is 55.2 Å². The maximum absolute atomic E-state index is 12.9. The van der Waals surface area contributed by atoms with Crippen LogP contribution in [0.4, 0.5) is 5.00 Å². The molecule has 5 heteroatoms. The van der Waals surface area contributed by atoms with E-state index in [1.54, 1.807) is 17.4 Å². The number of carbonyl (C=O) groups excluding carboxylic acids is 1. The molecule has 1 aliphatic carbocycles. The van der Waals surface area contributed by atoms with Crippen LogP contribution < -0.4 is 10.6 Å². The number of fused-ring (bicyclic) bond motifs is 3. The molecule has 0 saturated heterocycles. The van der Waals surface area contributed by atoms with E-state index in [4.69, 9.17) is 0 Å². The van der Waals surface area contributed by atoms with E-state index in [1.807, 2.05) is 19.1 Å². The van der Waals surface area contributed by atoms with Crippen LogP contribution in [0.25, 0.3) is 0 Å². The summed E-state index contributed by atoms with van der Waals surface area (Å²) in [4.78, 5) is 14.2. The molecule has 0 saturated carbocycles. The minimum absolute atomic E-state index is 0.0311. The van der Waals surface area contributed by atoms with Crippen LogP contribution in [0.3, 0.4) is 0 Å². The smallest absolute Gasteiger partial charge is 0.256 e. The lowest BCUT2D eigenvalue weighted by atomic mass is 9.72. The van der Waals surface area contributed by atoms with Gasteiger partial charge in [0.15, 0.2) is 0 Å². The summed E-state index contributed by atoms with van der Waals surface area (Å²) in [6.07, 6.45) is 2.76. The standard InChI is InChI=1S/C21H26N2O2S/c1-11-5-8-15(24)14(9-11)18-22-19(25)17-13-7-6-12(21(2,3)4)10-16(13)26-20(17)23-18/h5,8-9,12,18,23-24H,6-7,10H2,1-4H3,(H,22,25)/t12-,18-/m1/s1. The SMILES string of the molecule is Cc1ccc(O)c([C@@H]2NC(=O)c3c(sc4c3CC[C@@H](C(C)(C)C)C4)N2)c1. The molecular weight excluding hydrogens is 344 g/mol. The summed E-state index contributed by atoms with van der Waals surface area (Å²) in [5.74, 6) is 0.817. The monoisotopic (exact) mass is 370 g/mol. The summed E-state index contributed by atoms with van der Waals surface area (Å²) in [6.45, 7) is 8.89. The number of hydrogen-bond donors (Lipinski definition) is 3. The first-order valence-electron chi connectivity index (χ1n) is 9.25. The first-order valence-corrected chi connectivity index (χ1v) is 10.1. The molecule has 0 bridgehead atoms. The summed E-state index contributed by atoms with van der Waals surface area (Å²) in [7, 11) is 0. The Labute approximate surface area is 158 Å². The molecule has 1 aliphatic heterocycles. The predicted molar refractivity (Wildman–Crippen MR) is 106 cm³/mol. The van der Waals surface area contributed by atoms with Crippen molar-refractivity contribution in [3.05, 3.63) is 45.3 Å². The quantitative estimate of drug-likeness (QED) is 0.678. The number of aryl methyl sites for hydroxylation is 1. The van der Waals surface area contributed by atoms with Crippen molar-refractivity contribution in [2.45, 2.75) is 53.1 Å². The highest BCUT2D eigenvalue weighted by Gasteiger charge is 2.36. The van der Waals surface area contributed by atoms with E-state index in [9.17, 15) is 9.90 Å². The first-order chi connectivity index (χ1) is 12.2. The molecule has 1 aromatic heterocycles. The molecule has 2 heterocycles. The molecule has 2 aromatic rings. The number of phenolic OH excluding ortho intramolecular Hbond substituents is 1. The van der Waals surface area contributed by atoms with Crippen LogP contribution in [0.2, 0.25) is 0 Å². The van der Waals surface area contributed by atoms with E-state index in [0.717, 1.165) is 35.4 Å². The Kier molecular flexibility index (Phi) is 4.03. The zero-order chi connectivity index (χ0) is 18.6. The molecule has 3 N–H and O–H groups in total. The van der Waals surface area contributed by atoms with Gasteiger partial charge >= 0.3 is 0 Å². The van der Waals surface area contributed by atoms with Crippen molar-refractivity contribution in [2.75, 3.05) is 5.32 Å². The largest absolute Gasteiger partial charge is 0.508 e. The molecule has 138 valence electrons. The number of thiophene rings is 1. The van der Waals surface area contributed by atoms with Crippen LogP contribution >= 0.6 is 11.3 Å². The van der Waals surface area contributed by atoms with Gasteiger partial charge in [0.1, 0.15) is 16.9 Å². The zero-order valence-corrected chi connectivity index (χ0v) is 16.6. The van der Waals surface area contributed by atoms with Gasteiger partial charge in [-0.3, -0.25) is 4.79 Å². The third kappa shape index (κ3) is 2.88. The molecule has 4 nitrogen and oxygen atoms in total. The van der Waals surface area contributed by atoms with Gasteiger partial charge in [-0.2, -0.15) is 0 Å². The molecular formula is C21H26N2O2S. The molecule has 1 aromatic carbocycles. The van der Waals surface area contributed by atoms with Crippen LogP contribution in [0.5, 0.6) is 5.75 Å². The second kappa shape index (κ2) is 6.02. The molecule has 0 spiro atoms. The van der Waals surface area contributed by atoms with Crippen molar-refractivity contribution in [3.8, 4) is 5.75 Å². The van der Waals surface area contributed by atoms with Gasteiger partial charge in [0.25, 0.3) is 5.91 Å². The van der Waals surface area contributed by atoms with E-state index in [1.165, 1.54) is 10.4 Å². The number of hydrogen-bond acceptors (Lipinski definition) is 4. The second-order valence-corrected chi connectivity index (χ2v) is 9.73. The normalized spacial score (nSPS) is 22.2. The Morgan fingerprint density at radius 3 is 2.73 bits per heavy atom. The molecule has 0 unspecified atom stereocenters. The van der Waals surface area contributed by atoms with E-state index in [-0.39, 0.29) is 17.1 Å². The molecule has 0 radical (unpaired) electrons. The highest BCUT2D eigenvalue weighted by atomic mass is 32.1. The Balaban J connectivity index is 1.68. The molecule has 2 atom stereocenters. The highest BCUT2D eigenvalue weighted by molar-refractivity contribution is 7.16. The average molecular weight is 371 g/mol. The number of aromatic hydroxyl groups is 1. The van der Waals surface area contributed by atoms with Crippen molar-refractivity contribution >= 4 is 22.2 Å².